The van der Waals surface area contributed by atoms with Crippen molar-refractivity contribution < 1.29 is 4.79 Å². The maximum atomic E-state index is 12.1. The lowest BCUT2D eigenvalue weighted by molar-refractivity contribution is 0.237. The smallest absolute Gasteiger partial charge is 0.315 e. The van der Waals surface area contributed by atoms with Crippen molar-refractivity contribution >= 4 is 33.1 Å². The molecule has 0 unspecified atom stereocenters. The van der Waals surface area contributed by atoms with E-state index in [4.69, 9.17) is 0 Å². The van der Waals surface area contributed by atoms with E-state index in [1.54, 1.807) is 11.3 Å². The van der Waals surface area contributed by atoms with E-state index in [1.165, 1.54) is 20.7 Å². The molecular formula is C21H24N4OS. The topological polar surface area (TPSA) is 57.3 Å². The van der Waals surface area contributed by atoms with Crippen LogP contribution in [0.3, 0.4) is 0 Å². The Balaban J connectivity index is 1.18. The van der Waals surface area contributed by atoms with Crippen molar-refractivity contribution in [3.63, 3.8) is 0 Å². The molecule has 2 amide bonds. The summed E-state index contributed by atoms with van der Waals surface area (Å²) in [5.41, 5.74) is 1.23. The second-order valence-corrected chi connectivity index (χ2v) is 8.12. The molecule has 1 aromatic carbocycles. The lowest BCUT2D eigenvalue weighted by atomic mass is 9.96. The number of aromatic nitrogens is 1. The van der Waals surface area contributed by atoms with Crippen LogP contribution in [0.15, 0.2) is 54.9 Å². The molecule has 140 valence electrons. The number of piperidine rings is 1. The molecule has 2 N–H and O–H groups in total. The van der Waals surface area contributed by atoms with E-state index in [9.17, 15) is 4.79 Å². The Labute approximate surface area is 163 Å². The summed E-state index contributed by atoms with van der Waals surface area (Å²) in [5, 5.41) is 7.25. The first-order chi connectivity index (χ1) is 13.3. The third-order valence-corrected chi connectivity index (χ3v) is 6.21. The minimum absolute atomic E-state index is 0.0796. The van der Waals surface area contributed by atoms with Gasteiger partial charge < -0.3 is 15.5 Å². The van der Waals surface area contributed by atoms with Crippen molar-refractivity contribution in [1.82, 2.24) is 15.6 Å². The van der Waals surface area contributed by atoms with E-state index in [0.717, 1.165) is 32.5 Å². The van der Waals surface area contributed by atoms with Gasteiger partial charge in [0.25, 0.3) is 0 Å². The summed E-state index contributed by atoms with van der Waals surface area (Å²) in [7, 11) is 0. The lowest BCUT2D eigenvalue weighted by Crippen LogP contribution is -2.41. The summed E-state index contributed by atoms with van der Waals surface area (Å²) in [6, 6.07) is 14.5. The summed E-state index contributed by atoms with van der Waals surface area (Å²) >= 11 is 1.73. The number of carbonyl (C=O) groups is 1. The normalized spacial score (nSPS) is 15.0. The number of thiophene rings is 1. The standard InChI is InChI=1S/C21H24N4OS/c26-21(24-15-19-13-17-3-1-2-4-20(17)27-19)23-14-16-7-11-25(12-8-16)18-5-9-22-10-6-18/h1-6,9-10,13,16H,7-8,11-12,14-15H2,(H2,23,24,26). The summed E-state index contributed by atoms with van der Waals surface area (Å²) in [5.74, 6) is 0.540. The highest BCUT2D eigenvalue weighted by Crippen LogP contribution is 2.25. The van der Waals surface area contributed by atoms with E-state index in [0.29, 0.717) is 12.5 Å². The van der Waals surface area contributed by atoms with E-state index in [-0.39, 0.29) is 6.03 Å². The highest BCUT2D eigenvalue weighted by atomic mass is 32.1. The number of nitrogens with zero attached hydrogens (tertiary/aromatic N) is 2. The van der Waals surface area contributed by atoms with Crippen molar-refractivity contribution in [1.29, 1.82) is 0 Å². The van der Waals surface area contributed by atoms with Crippen molar-refractivity contribution in [2.24, 2.45) is 5.92 Å². The number of benzene rings is 1. The SMILES string of the molecule is O=C(NCc1cc2ccccc2s1)NCC1CCN(c2ccncc2)CC1. The Morgan fingerprint density at radius 2 is 1.89 bits per heavy atom. The van der Waals surface area contributed by atoms with Crippen LogP contribution in [0, 0.1) is 5.92 Å². The molecule has 3 heterocycles. The molecule has 3 aromatic rings. The average Bonchev–Trinajstić information content (AvgIpc) is 3.15. The number of carbonyl (C=O) groups excluding carboxylic acids is 1. The van der Waals surface area contributed by atoms with Gasteiger partial charge in [0, 0.05) is 47.3 Å². The zero-order chi connectivity index (χ0) is 18.5. The number of hydrogen-bond acceptors (Lipinski definition) is 4. The Morgan fingerprint density at radius 1 is 1.11 bits per heavy atom. The van der Waals surface area contributed by atoms with Gasteiger partial charge in [0.2, 0.25) is 0 Å². The first-order valence-electron chi connectivity index (χ1n) is 9.42. The Morgan fingerprint density at radius 3 is 2.67 bits per heavy atom. The number of anilines is 1. The van der Waals surface area contributed by atoms with Crippen LogP contribution in [0.1, 0.15) is 17.7 Å². The molecule has 1 saturated heterocycles. The Kier molecular flexibility index (Phi) is 5.53. The Hall–Kier alpha value is -2.60. The van der Waals surface area contributed by atoms with Gasteiger partial charge in [-0.15, -0.1) is 11.3 Å². The lowest BCUT2D eigenvalue weighted by Gasteiger charge is -2.33. The van der Waals surface area contributed by atoms with Crippen molar-refractivity contribution in [3.8, 4) is 0 Å². The zero-order valence-electron chi connectivity index (χ0n) is 15.2. The molecule has 0 bridgehead atoms. The second kappa shape index (κ2) is 8.39. The molecule has 4 rings (SSSR count). The van der Waals surface area contributed by atoms with Crippen molar-refractivity contribution in [3.05, 3.63) is 59.7 Å². The van der Waals surface area contributed by atoms with Crippen LogP contribution in [-0.4, -0.2) is 30.6 Å². The van der Waals surface area contributed by atoms with Crippen LogP contribution < -0.4 is 15.5 Å². The van der Waals surface area contributed by atoms with E-state index >= 15 is 0 Å². The van der Waals surface area contributed by atoms with E-state index < -0.39 is 0 Å². The summed E-state index contributed by atoms with van der Waals surface area (Å²) < 4.78 is 1.26. The third-order valence-electron chi connectivity index (χ3n) is 5.09. The van der Waals surface area contributed by atoms with E-state index in [1.807, 2.05) is 24.5 Å². The molecule has 0 saturated carbocycles. The molecule has 0 aliphatic carbocycles. The van der Waals surface area contributed by atoms with Gasteiger partial charge in [-0.1, -0.05) is 18.2 Å². The second-order valence-electron chi connectivity index (χ2n) is 6.95. The molecule has 1 aliphatic rings. The maximum Gasteiger partial charge on any atom is 0.315 e. The summed E-state index contributed by atoms with van der Waals surface area (Å²) in [6.07, 6.45) is 5.87. The zero-order valence-corrected chi connectivity index (χ0v) is 16.0. The number of urea groups is 1. The average molecular weight is 381 g/mol. The maximum absolute atomic E-state index is 12.1. The molecule has 6 heteroatoms. The van der Waals surface area contributed by atoms with Crippen molar-refractivity contribution in [2.75, 3.05) is 24.5 Å². The fourth-order valence-electron chi connectivity index (χ4n) is 3.54. The molecule has 0 spiro atoms. The van der Waals surface area contributed by atoms with Crippen LogP contribution in [0.4, 0.5) is 10.5 Å². The fourth-order valence-corrected chi connectivity index (χ4v) is 4.55. The van der Waals surface area contributed by atoms with Crippen molar-refractivity contribution in [2.45, 2.75) is 19.4 Å². The molecular weight excluding hydrogens is 356 g/mol. The molecule has 0 atom stereocenters. The van der Waals surface area contributed by atoms with Crippen LogP contribution in [0.5, 0.6) is 0 Å². The highest BCUT2D eigenvalue weighted by Gasteiger charge is 2.19. The number of fused-ring (bicyclic) bond motifs is 1. The summed E-state index contributed by atoms with van der Waals surface area (Å²) in [4.78, 5) is 19.8. The molecule has 2 aromatic heterocycles. The van der Waals surface area contributed by atoms with Gasteiger partial charge in [-0.2, -0.15) is 0 Å². The fraction of sp³-hybridized carbons (Fsp3) is 0.333. The number of amides is 2. The quantitative estimate of drug-likeness (QED) is 0.703. The monoisotopic (exact) mass is 380 g/mol. The molecule has 1 fully saturated rings. The van der Waals surface area contributed by atoms with E-state index in [2.05, 4.69) is 50.8 Å². The molecule has 5 nitrogen and oxygen atoms in total. The largest absolute Gasteiger partial charge is 0.371 e. The van der Waals surface area contributed by atoms with Gasteiger partial charge >= 0.3 is 6.03 Å². The van der Waals surface area contributed by atoms with Crippen LogP contribution in [0.2, 0.25) is 0 Å². The predicted octanol–water partition coefficient (Wildman–Crippen LogP) is 4.01. The molecule has 27 heavy (non-hydrogen) atoms. The first kappa shape index (κ1) is 17.8. The van der Waals surface area contributed by atoms with Gasteiger partial charge in [0.15, 0.2) is 0 Å². The molecule has 1 aliphatic heterocycles. The van der Waals surface area contributed by atoms with Gasteiger partial charge in [-0.3, -0.25) is 4.98 Å². The molecule has 0 radical (unpaired) electrons. The van der Waals surface area contributed by atoms with Gasteiger partial charge in [0.05, 0.1) is 6.54 Å². The highest BCUT2D eigenvalue weighted by molar-refractivity contribution is 7.19. The van der Waals surface area contributed by atoms with Crippen LogP contribution in [-0.2, 0) is 6.54 Å². The number of pyridine rings is 1. The Bertz CT molecular complexity index is 854. The first-order valence-corrected chi connectivity index (χ1v) is 10.2. The van der Waals surface area contributed by atoms with Gasteiger partial charge in [-0.25, -0.2) is 4.79 Å². The number of rotatable bonds is 5. The van der Waals surface area contributed by atoms with Gasteiger partial charge in [-0.05, 0) is 48.4 Å². The summed E-state index contributed by atoms with van der Waals surface area (Å²) in [6.45, 7) is 3.37. The predicted molar refractivity (Wildman–Crippen MR) is 111 cm³/mol. The van der Waals surface area contributed by atoms with Crippen LogP contribution >= 0.6 is 11.3 Å². The number of nitrogens with one attached hydrogen (secondary N) is 2. The minimum atomic E-state index is -0.0796. The number of hydrogen-bond donors (Lipinski definition) is 2. The van der Waals surface area contributed by atoms with Crippen LogP contribution in [0.25, 0.3) is 10.1 Å². The minimum Gasteiger partial charge on any atom is -0.371 e. The van der Waals surface area contributed by atoms with Gasteiger partial charge in [0.1, 0.15) is 0 Å². The third kappa shape index (κ3) is 4.57.